The standard InChI is InChI=1S/C22H25N5S/c1-3-4-15-23-22(28)26(2)24-16-19-17-27(20-13-9-6-10-14-20)25-21(19)18-11-7-5-8-12-18/h5-14,16-17H,3-4,15H2,1-2H3,(H,23,28)/b24-16+. The van der Waals surface area contributed by atoms with Crippen molar-refractivity contribution in [2.75, 3.05) is 13.6 Å². The molecule has 144 valence electrons. The number of nitrogens with zero attached hydrogens (tertiary/aromatic N) is 4. The fraction of sp³-hybridized carbons (Fsp3) is 0.227. The van der Waals surface area contributed by atoms with E-state index >= 15 is 0 Å². The van der Waals surface area contributed by atoms with Crippen LogP contribution in [-0.2, 0) is 0 Å². The van der Waals surface area contributed by atoms with Crippen molar-refractivity contribution >= 4 is 23.5 Å². The number of nitrogens with one attached hydrogen (secondary N) is 1. The predicted octanol–water partition coefficient (Wildman–Crippen LogP) is 4.48. The second-order valence-corrected chi connectivity index (χ2v) is 6.82. The minimum atomic E-state index is 0.612. The largest absolute Gasteiger partial charge is 0.361 e. The van der Waals surface area contributed by atoms with Crippen molar-refractivity contribution < 1.29 is 0 Å². The van der Waals surface area contributed by atoms with Crippen molar-refractivity contribution in [2.24, 2.45) is 5.10 Å². The number of hydrogen-bond acceptors (Lipinski definition) is 3. The lowest BCUT2D eigenvalue weighted by atomic mass is 10.1. The molecule has 0 radical (unpaired) electrons. The third kappa shape index (κ3) is 5.04. The number of rotatable bonds is 7. The molecule has 6 heteroatoms. The van der Waals surface area contributed by atoms with Crippen molar-refractivity contribution in [1.29, 1.82) is 0 Å². The highest BCUT2D eigenvalue weighted by molar-refractivity contribution is 7.80. The fourth-order valence-electron chi connectivity index (χ4n) is 2.70. The molecule has 0 unspecified atom stereocenters. The maximum atomic E-state index is 5.39. The molecule has 0 spiro atoms. The molecule has 0 saturated heterocycles. The van der Waals surface area contributed by atoms with Gasteiger partial charge in [-0.15, -0.1) is 0 Å². The van der Waals surface area contributed by atoms with Crippen LogP contribution in [0.2, 0.25) is 0 Å². The van der Waals surface area contributed by atoms with E-state index in [2.05, 4.69) is 29.5 Å². The van der Waals surface area contributed by atoms with Gasteiger partial charge in [0.25, 0.3) is 0 Å². The first-order valence-electron chi connectivity index (χ1n) is 9.45. The molecular formula is C22H25N5S. The first-order chi connectivity index (χ1) is 13.7. The molecule has 0 atom stereocenters. The molecule has 1 N–H and O–H groups in total. The van der Waals surface area contributed by atoms with Gasteiger partial charge in [-0.2, -0.15) is 10.2 Å². The Balaban J connectivity index is 1.86. The van der Waals surface area contributed by atoms with Gasteiger partial charge in [-0.05, 0) is 30.8 Å². The molecule has 0 bridgehead atoms. The number of para-hydroxylation sites is 1. The summed E-state index contributed by atoms with van der Waals surface area (Å²) in [6.45, 7) is 3.01. The summed E-state index contributed by atoms with van der Waals surface area (Å²) < 4.78 is 1.88. The van der Waals surface area contributed by atoms with Crippen molar-refractivity contribution in [3.05, 3.63) is 72.4 Å². The highest BCUT2D eigenvalue weighted by Crippen LogP contribution is 2.22. The van der Waals surface area contributed by atoms with Crippen molar-refractivity contribution in [2.45, 2.75) is 19.8 Å². The Kier molecular flexibility index (Phi) is 6.92. The Morgan fingerprint density at radius 2 is 1.82 bits per heavy atom. The van der Waals surface area contributed by atoms with Crippen LogP contribution in [0.5, 0.6) is 0 Å². The number of benzene rings is 2. The molecule has 0 amide bonds. The topological polar surface area (TPSA) is 45.5 Å². The van der Waals surface area contributed by atoms with Crippen LogP contribution in [0, 0.1) is 0 Å². The van der Waals surface area contributed by atoms with Gasteiger partial charge < -0.3 is 5.32 Å². The fourth-order valence-corrected chi connectivity index (χ4v) is 2.85. The minimum absolute atomic E-state index is 0.612. The summed E-state index contributed by atoms with van der Waals surface area (Å²) in [5.41, 5.74) is 3.86. The van der Waals surface area contributed by atoms with E-state index in [0.29, 0.717) is 5.11 Å². The van der Waals surface area contributed by atoms with Crippen LogP contribution >= 0.6 is 12.2 Å². The van der Waals surface area contributed by atoms with Gasteiger partial charge in [0.2, 0.25) is 0 Å². The molecule has 1 heterocycles. The maximum absolute atomic E-state index is 5.39. The average molecular weight is 392 g/mol. The summed E-state index contributed by atoms with van der Waals surface area (Å²) in [6.07, 6.45) is 6.01. The summed E-state index contributed by atoms with van der Waals surface area (Å²) >= 11 is 5.39. The van der Waals surface area contributed by atoms with Gasteiger partial charge >= 0.3 is 0 Å². The second-order valence-electron chi connectivity index (χ2n) is 6.43. The monoisotopic (exact) mass is 391 g/mol. The van der Waals surface area contributed by atoms with Gasteiger partial charge in [0, 0.05) is 30.9 Å². The Labute approximate surface area is 171 Å². The molecule has 0 fully saturated rings. The summed E-state index contributed by atoms with van der Waals surface area (Å²) in [5.74, 6) is 0. The van der Waals surface area contributed by atoms with Crippen LogP contribution in [0.1, 0.15) is 25.3 Å². The third-order valence-electron chi connectivity index (χ3n) is 4.28. The Morgan fingerprint density at radius 1 is 1.14 bits per heavy atom. The number of hydrogen-bond donors (Lipinski definition) is 1. The zero-order valence-electron chi connectivity index (χ0n) is 16.2. The van der Waals surface area contributed by atoms with Crippen LogP contribution in [0.15, 0.2) is 72.0 Å². The number of thiocarbonyl (C=S) groups is 1. The average Bonchev–Trinajstić information content (AvgIpc) is 3.17. The molecule has 0 saturated carbocycles. The Morgan fingerprint density at radius 3 is 2.50 bits per heavy atom. The van der Waals surface area contributed by atoms with E-state index in [1.807, 2.05) is 72.7 Å². The minimum Gasteiger partial charge on any atom is -0.361 e. The molecular weight excluding hydrogens is 366 g/mol. The van der Waals surface area contributed by atoms with Gasteiger partial charge in [-0.1, -0.05) is 61.9 Å². The van der Waals surface area contributed by atoms with Gasteiger partial charge in [0.1, 0.15) is 5.69 Å². The van der Waals surface area contributed by atoms with E-state index in [9.17, 15) is 0 Å². The Bertz CT molecular complexity index is 919. The van der Waals surface area contributed by atoms with Crippen molar-refractivity contribution in [3.8, 4) is 16.9 Å². The van der Waals surface area contributed by atoms with Gasteiger partial charge in [0.05, 0.1) is 11.9 Å². The smallest absolute Gasteiger partial charge is 0.189 e. The molecule has 5 nitrogen and oxygen atoms in total. The summed E-state index contributed by atoms with van der Waals surface area (Å²) in [4.78, 5) is 0. The number of aromatic nitrogens is 2. The number of unbranched alkanes of at least 4 members (excludes halogenated alkanes) is 1. The predicted molar refractivity (Wildman–Crippen MR) is 120 cm³/mol. The molecule has 3 rings (SSSR count). The lowest BCUT2D eigenvalue weighted by Gasteiger charge is -2.15. The van der Waals surface area contributed by atoms with Crippen molar-refractivity contribution in [1.82, 2.24) is 20.1 Å². The van der Waals surface area contributed by atoms with E-state index in [1.54, 1.807) is 5.01 Å². The summed E-state index contributed by atoms with van der Waals surface area (Å²) in [5, 5.41) is 14.8. The lowest BCUT2D eigenvalue weighted by Crippen LogP contribution is -2.34. The SMILES string of the molecule is CCCCNC(=S)N(C)/N=C/c1cn(-c2ccccc2)nc1-c1ccccc1. The van der Waals surface area contributed by atoms with Gasteiger partial charge in [-0.3, -0.25) is 0 Å². The quantitative estimate of drug-likeness (QED) is 0.279. The first-order valence-corrected chi connectivity index (χ1v) is 9.86. The Hall–Kier alpha value is -2.99. The van der Waals surface area contributed by atoms with Gasteiger partial charge in [0.15, 0.2) is 5.11 Å². The zero-order chi connectivity index (χ0) is 19.8. The van der Waals surface area contributed by atoms with E-state index in [4.69, 9.17) is 17.3 Å². The van der Waals surface area contributed by atoms with E-state index in [0.717, 1.165) is 41.9 Å². The first kappa shape index (κ1) is 19.8. The molecule has 0 aliphatic carbocycles. The molecule has 0 aliphatic rings. The van der Waals surface area contributed by atoms with Crippen LogP contribution in [-0.4, -0.2) is 39.7 Å². The summed E-state index contributed by atoms with van der Waals surface area (Å²) in [6, 6.07) is 20.2. The van der Waals surface area contributed by atoms with Gasteiger partial charge in [-0.25, -0.2) is 9.69 Å². The van der Waals surface area contributed by atoms with Crippen LogP contribution in [0.3, 0.4) is 0 Å². The van der Waals surface area contributed by atoms with E-state index in [1.165, 1.54) is 0 Å². The van der Waals surface area contributed by atoms with Crippen LogP contribution in [0.4, 0.5) is 0 Å². The maximum Gasteiger partial charge on any atom is 0.189 e. The molecule has 0 aliphatic heterocycles. The third-order valence-corrected chi connectivity index (χ3v) is 4.69. The van der Waals surface area contributed by atoms with Crippen molar-refractivity contribution in [3.63, 3.8) is 0 Å². The molecule has 2 aromatic carbocycles. The lowest BCUT2D eigenvalue weighted by molar-refractivity contribution is 0.530. The molecule has 28 heavy (non-hydrogen) atoms. The highest BCUT2D eigenvalue weighted by atomic mass is 32.1. The second kappa shape index (κ2) is 9.80. The molecule has 1 aromatic heterocycles. The highest BCUT2D eigenvalue weighted by Gasteiger charge is 2.11. The van der Waals surface area contributed by atoms with Crippen LogP contribution in [0.25, 0.3) is 16.9 Å². The number of hydrazone groups is 1. The van der Waals surface area contributed by atoms with Crippen LogP contribution < -0.4 is 5.32 Å². The molecule has 3 aromatic rings. The normalized spacial score (nSPS) is 10.9. The summed E-state index contributed by atoms with van der Waals surface area (Å²) in [7, 11) is 1.85. The zero-order valence-corrected chi connectivity index (χ0v) is 17.1. The van der Waals surface area contributed by atoms with E-state index < -0.39 is 0 Å². The van der Waals surface area contributed by atoms with E-state index in [-0.39, 0.29) is 0 Å².